The van der Waals surface area contributed by atoms with Crippen LogP contribution >= 0.6 is 11.6 Å². The summed E-state index contributed by atoms with van der Waals surface area (Å²) in [5.74, 6) is 0.989. The van der Waals surface area contributed by atoms with E-state index in [1.807, 2.05) is 0 Å². The fourth-order valence-corrected chi connectivity index (χ4v) is 1.48. The van der Waals surface area contributed by atoms with Gasteiger partial charge in [-0.3, -0.25) is 10.3 Å². The molecule has 0 amide bonds. The Hall–Kier alpha value is -1.78. The van der Waals surface area contributed by atoms with E-state index >= 15 is 0 Å². The van der Waals surface area contributed by atoms with Crippen LogP contribution in [0.15, 0.2) is 9.41 Å². The number of oxazole rings is 1. The van der Waals surface area contributed by atoms with Crippen LogP contribution in [0.25, 0.3) is 0 Å². The largest absolute Gasteiger partial charge is 0.429 e. The van der Waals surface area contributed by atoms with Crippen molar-refractivity contribution >= 4 is 17.6 Å². The molecular formula is C10H15ClN6O. The van der Waals surface area contributed by atoms with E-state index in [0.29, 0.717) is 42.4 Å². The Bertz CT molecular complexity index is 450. The summed E-state index contributed by atoms with van der Waals surface area (Å²) in [4.78, 5) is 7.97. The first-order valence-corrected chi connectivity index (χ1v) is 5.73. The van der Waals surface area contributed by atoms with Crippen LogP contribution < -0.4 is 16.0 Å². The molecule has 7 nitrogen and oxygen atoms in total. The van der Waals surface area contributed by atoms with E-state index in [1.165, 1.54) is 0 Å². The van der Waals surface area contributed by atoms with Gasteiger partial charge in [0.15, 0.2) is 12.1 Å². The van der Waals surface area contributed by atoms with Crippen molar-refractivity contribution in [2.75, 3.05) is 20.1 Å². The van der Waals surface area contributed by atoms with Crippen molar-refractivity contribution in [1.29, 1.82) is 5.26 Å². The van der Waals surface area contributed by atoms with Gasteiger partial charge in [0.2, 0.25) is 11.2 Å². The molecule has 0 spiro atoms. The minimum atomic E-state index is 0.315. The number of aryl methyl sites for hydroxylation is 1. The summed E-state index contributed by atoms with van der Waals surface area (Å²) in [6.45, 7) is 3.57. The van der Waals surface area contributed by atoms with E-state index < -0.39 is 0 Å². The molecule has 1 aromatic heterocycles. The van der Waals surface area contributed by atoms with Gasteiger partial charge in [-0.1, -0.05) is 0 Å². The van der Waals surface area contributed by atoms with Crippen molar-refractivity contribution in [3.05, 3.63) is 16.8 Å². The molecule has 0 fully saturated rings. The quantitative estimate of drug-likeness (QED) is 0.235. The SMILES string of the molecule is CN=C(NC#N)NCCNCc1nc(C)oc1Cl. The van der Waals surface area contributed by atoms with Gasteiger partial charge in [-0.15, -0.1) is 0 Å². The van der Waals surface area contributed by atoms with Crippen LogP contribution in [-0.4, -0.2) is 31.1 Å². The van der Waals surface area contributed by atoms with Crippen molar-refractivity contribution in [2.24, 2.45) is 4.99 Å². The number of hydrogen-bond acceptors (Lipinski definition) is 5. The highest BCUT2D eigenvalue weighted by atomic mass is 35.5. The van der Waals surface area contributed by atoms with Gasteiger partial charge in [0.25, 0.3) is 0 Å². The summed E-state index contributed by atoms with van der Waals surface area (Å²) >= 11 is 5.82. The third-order valence-corrected chi connectivity index (χ3v) is 2.34. The Morgan fingerprint density at radius 1 is 1.56 bits per heavy atom. The maximum atomic E-state index is 8.42. The number of rotatable bonds is 5. The lowest BCUT2D eigenvalue weighted by Gasteiger charge is -2.07. The molecule has 1 heterocycles. The number of hydrogen-bond donors (Lipinski definition) is 3. The minimum absolute atomic E-state index is 0.315. The molecule has 0 atom stereocenters. The van der Waals surface area contributed by atoms with Crippen molar-refractivity contribution in [1.82, 2.24) is 20.9 Å². The molecule has 98 valence electrons. The summed E-state index contributed by atoms with van der Waals surface area (Å²) in [6.07, 6.45) is 1.79. The molecule has 0 aliphatic carbocycles. The van der Waals surface area contributed by atoms with E-state index in [2.05, 4.69) is 25.9 Å². The van der Waals surface area contributed by atoms with E-state index in [1.54, 1.807) is 20.2 Å². The number of aliphatic imine (C=N–C) groups is 1. The molecule has 0 saturated carbocycles. The Balaban J connectivity index is 2.20. The molecule has 0 saturated heterocycles. The average molecular weight is 271 g/mol. The standard InChI is InChI=1S/C10H15ClN6O/c1-7-17-8(9(11)18-7)5-14-3-4-15-10(13-2)16-6-12/h14H,3-5H2,1-2H3,(H2,13,15,16). The number of halogens is 1. The van der Waals surface area contributed by atoms with Crippen LogP contribution in [-0.2, 0) is 6.54 Å². The maximum Gasteiger partial charge on any atom is 0.218 e. The Morgan fingerprint density at radius 3 is 2.89 bits per heavy atom. The van der Waals surface area contributed by atoms with Crippen LogP contribution in [0.2, 0.25) is 5.22 Å². The highest BCUT2D eigenvalue weighted by Gasteiger charge is 2.07. The average Bonchev–Trinajstić information content (AvgIpc) is 2.66. The fraction of sp³-hybridized carbons (Fsp3) is 0.500. The van der Waals surface area contributed by atoms with Crippen LogP contribution in [0.4, 0.5) is 0 Å². The van der Waals surface area contributed by atoms with E-state index in [0.717, 1.165) is 0 Å². The van der Waals surface area contributed by atoms with Crippen LogP contribution in [0.1, 0.15) is 11.6 Å². The number of nitrogens with zero attached hydrogens (tertiary/aromatic N) is 3. The van der Waals surface area contributed by atoms with E-state index in [9.17, 15) is 0 Å². The Kier molecular flexibility index (Phi) is 5.97. The Morgan fingerprint density at radius 2 is 2.33 bits per heavy atom. The first-order valence-electron chi connectivity index (χ1n) is 5.35. The molecule has 18 heavy (non-hydrogen) atoms. The normalized spacial score (nSPS) is 11.1. The van der Waals surface area contributed by atoms with Gasteiger partial charge in [-0.25, -0.2) is 4.98 Å². The first-order chi connectivity index (χ1) is 8.67. The second-order valence-corrected chi connectivity index (χ2v) is 3.71. The molecule has 0 aromatic carbocycles. The summed E-state index contributed by atoms with van der Waals surface area (Å²) < 4.78 is 5.09. The number of nitriles is 1. The molecule has 1 aromatic rings. The maximum absolute atomic E-state index is 8.42. The van der Waals surface area contributed by atoms with E-state index in [-0.39, 0.29) is 0 Å². The van der Waals surface area contributed by atoms with Crippen molar-refractivity contribution in [3.8, 4) is 6.19 Å². The summed E-state index contributed by atoms with van der Waals surface area (Å²) in [5.41, 5.74) is 0.689. The highest BCUT2D eigenvalue weighted by Crippen LogP contribution is 2.15. The number of aromatic nitrogens is 1. The van der Waals surface area contributed by atoms with Crippen molar-refractivity contribution in [3.63, 3.8) is 0 Å². The second-order valence-electron chi connectivity index (χ2n) is 3.37. The number of guanidine groups is 1. The molecule has 0 unspecified atom stereocenters. The zero-order chi connectivity index (χ0) is 13.4. The van der Waals surface area contributed by atoms with Crippen LogP contribution in [0.3, 0.4) is 0 Å². The third-order valence-electron chi connectivity index (χ3n) is 2.04. The Labute approximate surface area is 110 Å². The summed E-state index contributed by atoms with van der Waals surface area (Å²) in [5, 5.41) is 17.3. The van der Waals surface area contributed by atoms with Gasteiger partial charge in [-0.2, -0.15) is 5.26 Å². The van der Waals surface area contributed by atoms with Crippen molar-refractivity contribution < 1.29 is 4.42 Å². The predicted molar refractivity (Wildman–Crippen MR) is 68.1 cm³/mol. The smallest absolute Gasteiger partial charge is 0.218 e. The van der Waals surface area contributed by atoms with Crippen molar-refractivity contribution in [2.45, 2.75) is 13.5 Å². The molecule has 8 heteroatoms. The lowest BCUT2D eigenvalue weighted by molar-refractivity contribution is 0.522. The summed E-state index contributed by atoms with van der Waals surface area (Å²) in [7, 11) is 1.60. The zero-order valence-electron chi connectivity index (χ0n) is 10.2. The van der Waals surface area contributed by atoms with E-state index in [4.69, 9.17) is 21.3 Å². The molecule has 0 aliphatic rings. The lowest BCUT2D eigenvalue weighted by atomic mass is 10.4. The van der Waals surface area contributed by atoms with Gasteiger partial charge in [-0.05, 0) is 11.6 Å². The van der Waals surface area contributed by atoms with Gasteiger partial charge in [0.05, 0.1) is 0 Å². The minimum Gasteiger partial charge on any atom is -0.429 e. The third kappa shape index (κ3) is 4.61. The molecule has 1 rings (SSSR count). The summed E-state index contributed by atoms with van der Waals surface area (Å²) in [6, 6.07) is 0. The molecule has 0 radical (unpaired) electrons. The monoisotopic (exact) mass is 270 g/mol. The second kappa shape index (κ2) is 7.53. The zero-order valence-corrected chi connectivity index (χ0v) is 11.0. The van der Waals surface area contributed by atoms with Crippen LogP contribution in [0.5, 0.6) is 0 Å². The topological polar surface area (TPSA) is 98.3 Å². The molecule has 0 bridgehead atoms. The molecule has 0 aliphatic heterocycles. The van der Waals surface area contributed by atoms with Gasteiger partial charge in [0.1, 0.15) is 5.69 Å². The van der Waals surface area contributed by atoms with Gasteiger partial charge < -0.3 is 15.1 Å². The van der Waals surface area contributed by atoms with Gasteiger partial charge >= 0.3 is 0 Å². The van der Waals surface area contributed by atoms with Gasteiger partial charge in [0, 0.05) is 33.6 Å². The van der Waals surface area contributed by atoms with Crippen LogP contribution in [0, 0.1) is 18.4 Å². The first kappa shape index (κ1) is 14.3. The fourth-order valence-electron chi connectivity index (χ4n) is 1.26. The lowest BCUT2D eigenvalue weighted by Crippen LogP contribution is -2.38. The highest BCUT2D eigenvalue weighted by molar-refractivity contribution is 6.29. The molecular weight excluding hydrogens is 256 g/mol. The predicted octanol–water partition coefficient (Wildman–Crippen LogP) is 0.372. The molecule has 3 N–H and O–H groups in total. The number of nitrogens with one attached hydrogen (secondary N) is 3.